The zero-order valence-corrected chi connectivity index (χ0v) is 9.52. The minimum atomic E-state index is 0. The number of rotatable bonds is 1. The first kappa shape index (κ1) is 10.3. The summed E-state index contributed by atoms with van der Waals surface area (Å²) in [6, 6.07) is 3.11. The van der Waals surface area contributed by atoms with Gasteiger partial charge in [-0.15, -0.1) is 11.4 Å². The molecule has 3 heteroatoms. The molecule has 0 fully saturated rings. The van der Waals surface area contributed by atoms with Crippen molar-refractivity contribution in [2.75, 3.05) is 0 Å². The molecule has 53 valence electrons. The summed E-state index contributed by atoms with van der Waals surface area (Å²) < 4.78 is 1.94. The van der Waals surface area contributed by atoms with Crippen LogP contribution >= 0.6 is 0 Å². The molecule has 1 heterocycles. The third kappa shape index (κ3) is 2.17. The average molecular weight is 212 g/mol. The molecular formula is C7H11N2Y-. The van der Waals surface area contributed by atoms with Crippen LogP contribution in [0, 0.1) is 19.9 Å². The van der Waals surface area contributed by atoms with Gasteiger partial charge < -0.3 is 10.7 Å². The third-order valence-corrected chi connectivity index (χ3v) is 1.32. The largest absolute Gasteiger partial charge is 0.426 e. The summed E-state index contributed by atoms with van der Waals surface area (Å²) in [6.07, 6.45) is 0. The molecule has 0 aliphatic rings. The topological polar surface area (TPSA) is 17.8 Å². The van der Waals surface area contributed by atoms with Crippen molar-refractivity contribution in [1.82, 2.24) is 9.78 Å². The van der Waals surface area contributed by atoms with Crippen LogP contribution in [0.2, 0.25) is 0 Å². The van der Waals surface area contributed by atoms with E-state index in [2.05, 4.69) is 18.1 Å². The molecule has 1 rings (SSSR count). The van der Waals surface area contributed by atoms with Crippen molar-refractivity contribution in [3.05, 3.63) is 17.5 Å². The van der Waals surface area contributed by atoms with Crippen LogP contribution in [0.3, 0.4) is 0 Å². The second-order valence-corrected chi connectivity index (χ2v) is 2.11. The molecule has 0 aromatic carbocycles. The second-order valence-electron chi connectivity index (χ2n) is 2.11. The maximum Gasteiger partial charge on any atom is 0.0349 e. The molecule has 0 saturated heterocycles. The Morgan fingerprint density at radius 2 is 2.10 bits per heavy atom. The molecule has 0 saturated carbocycles. The SMILES string of the molecule is CCn1nc(C)[c-]c1C.[Y]. The maximum atomic E-state index is 4.19. The molecule has 0 atom stereocenters. The fraction of sp³-hybridized carbons (Fsp3) is 0.571. The van der Waals surface area contributed by atoms with Gasteiger partial charge >= 0.3 is 0 Å². The molecule has 10 heavy (non-hydrogen) atoms. The molecular weight excluding hydrogens is 201 g/mol. The van der Waals surface area contributed by atoms with E-state index in [-0.39, 0.29) is 32.7 Å². The smallest absolute Gasteiger partial charge is 0.0349 e. The summed E-state index contributed by atoms with van der Waals surface area (Å²) in [4.78, 5) is 0. The van der Waals surface area contributed by atoms with Gasteiger partial charge in [-0.05, 0) is 6.92 Å². The minimum Gasteiger partial charge on any atom is -0.426 e. The Labute approximate surface area is 86.9 Å². The normalized spacial score (nSPS) is 9.10. The number of nitrogens with zero attached hydrogens (tertiary/aromatic N) is 2. The van der Waals surface area contributed by atoms with Gasteiger partial charge in [0.2, 0.25) is 0 Å². The van der Waals surface area contributed by atoms with E-state index in [9.17, 15) is 0 Å². The molecule has 0 spiro atoms. The number of aryl methyl sites for hydroxylation is 3. The standard InChI is InChI=1S/C7H11N2.Y/c1-4-9-7(3)5-6(2)8-9;/h4H2,1-3H3;/q-1;. The first-order valence-corrected chi connectivity index (χ1v) is 3.17. The van der Waals surface area contributed by atoms with Gasteiger partial charge in [-0.25, -0.2) is 5.10 Å². The van der Waals surface area contributed by atoms with E-state index in [1.807, 2.05) is 18.5 Å². The van der Waals surface area contributed by atoms with Gasteiger partial charge in [0.25, 0.3) is 0 Å². The van der Waals surface area contributed by atoms with Crippen LogP contribution in [0.25, 0.3) is 0 Å². The molecule has 0 aliphatic carbocycles. The van der Waals surface area contributed by atoms with Crippen molar-refractivity contribution in [3.63, 3.8) is 0 Å². The summed E-state index contributed by atoms with van der Waals surface area (Å²) in [5.41, 5.74) is 2.10. The number of hydrogen-bond acceptors (Lipinski definition) is 1. The predicted octanol–water partition coefficient (Wildman–Crippen LogP) is 1.32. The molecule has 1 aromatic rings. The van der Waals surface area contributed by atoms with Crippen molar-refractivity contribution >= 4 is 0 Å². The van der Waals surface area contributed by atoms with Crippen LogP contribution in [0.5, 0.6) is 0 Å². The van der Waals surface area contributed by atoms with Crippen LogP contribution in [-0.4, -0.2) is 9.78 Å². The molecule has 0 N–H and O–H groups in total. The predicted molar refractivity (Wildman–Crippen MR) is 36.2 cm³/mol. The van der Waals surface area contributed by atoms with Crippen molar-refractivity contribution in [2.45, 2.75) is 27.3 Å². The van der Waals surface area contributed by atoms with Crippen molar-refractivity contribution in [3.8, 4) is 0 Å². The Kier molecular flexibility index (Phi) is 4.38. The van der Waals surface area contributed by atoms with Crippen molar-refractivity contribution in [1.29, 1.82) is 0 Å². The van der Waals surface area contributed by atoms with Gasteiger partial charge in [-0.2, -0.15) is 0 Å². The summed E-state index contributed by atoms with van der Waals surface area (Å²) in [5, 5.41) is 4.19. The molecule has 2 nitrogen and oxygen atoms in total. The summed E-state index contributed by atoms with van der Waals surface area (Å²) in [6.45, 7) is 6.99. The molecule has 1 radical (unpaired) electrons. The summed E-state index contributed by atoms with van der Waals surface area (Å²) in [5.74, 6) is 0. The van der Waals surface area contributed by atoms with E-state index in [0.29, 0.717) is 0 Å². The molecule has 0 bridgehead atoms. The Hall–Kier alpha value is 0.314. The minimum absolute atomic E-state index is 0. The fourth-order valence-corrected chi connectivity index (χ4v) is 0.915. The van der Waals surface area contributed by atoms with Gasteiger partial charge in [0.1, 0.15) is 0 Å². The van der Waals surface area contributed by atoms with Crippen LogP contribution < -0.4 is 0 Å². The molecule has 0 unspecified atom stereocenters. The van der Waals surface area contributed by atoms with Gasteiger partial charge in [0.05, 0.1) is 0 Å². The zero-order valence-electron chi connectivity index (χ0n) is 6.68. The maximum absolute atomic E-state index is 4.19. The van der Waals surface area contributed by atoms with Crippen LogP contribution in [-0.2, 0) is 39.3 Å². The van der Waals surface area contributed by atoms with E-state index in [4.69, 9.17) is 0 Å². The molecule has 1 aromatic heterocycles. The fourth-order valence-electron chi connectivity index (χ4n) is 0.915. The van der Waals surface area contributed by atoms with Crippen LogP contribution in [0.15, 0.2) is 0 Å². The number of hydrogen-bond donors (Lipinski definition) is 0. The Bertz CT molecular complexity index is 205. The van der Waals surface area contributed by atoms with Crippen LogP contribution in [0.4, 0.5) is 0 Å². The van der Waals surface area contributed by atoms with E-state index >= 15 is 0 Å². The van der Waals surface area contributed by atoms with Crippen molar-refractivity contribution < 1.29 is 32.7 Å². The molecule has 0 amide bonds. The van der Waals surface area contributed by atoms with Gasteiger partial charge in [-0.1, -0.05) is 13.8 Å². The quantitative estimate of drug-likeness (QED) is 0.642. The Morgan fingerprint density at radius 1 is 1.50 bits per heavy atom. The van der Waals surface area contributed by atoms with E-state index < -0.39 is 0 Å². The van der Waals surface area contributed by atoms with E-state index in [0.717, 1.165) is 17.9 Å². The first-order valence-electron chi connectivity index (χ1n) is 3.17. The van der Waals surface area contributed by atoms with Gasteiger partial charge in [-0.3, -0.25) is 0 Å². The van der Waals surface area contributed by atoms with Crippen molar-refractivity contribution in [2.24, 2.45) is 0 Å². The van der Waals surface area contributed by atoms with E-state index in [1.54, 1.807) is 0 Å². The van der Waals surface area contributed by atoms with E-state index in [1.165, 1.54) is 0 Å². The average Bonchev–Trinajstić information content (AvgIpc) is 2.10. The Balaban J connectivity index is 0.000000810. The third-order valence-electron chi connectivity index (χ3n) is 1.32. The second kappa shape index (κ2) is 4.25. The van der Waals surface area contributed by atoms with Gasteiger partial charge in [0, 0.05) is 39.3 Å². The summed E-state index contributed by atoms with van der Waals surface area (Å²) >= 11 is 0. The monoisotopic (exact) mass is 212 g/mol. The number of aromatic nitrogens is 2. The molecule has 0 aliphatic heterocycles. The summed E-state index contributed by atoms with van der Waals surface area (Å²) in [7, 11) is 0. The Morgan fingerprint density at radius 3 is 2.30 bits per heavy atom. The van der Waals surface area contributed by atoms with Gasteiger partial charge in [0.15, 0.2) is 0 Å². The first-order chi connectivity index (χ1) is 4.24. The van der Waals surface area contributed by atoms with Crippen LogP contribution in [0.1, 0.15) is 18.3 Å². The zero-order chi connectivity index (χ0) is 6.85.